The number of hydrogen-bond acceptors (Lipinski definition) is 4. The van der Waals surface area contributed by atoms with Crippen molar-refractivity contribution in [1.29, 1.82) is 0 Å². The first-order valence-corrected chi connectivity index (χ1v) is 16.4. The highest BCUT2D eigenvalue weighted by molar-refractivity contribution is 5.94. The minimum absolute atomic E-state index is 0.178. The number of likely N-dealkylation sites (tertiary alicyclic amines) is 2. The van der Waals surface area contributed by atoms with Gasteiger partial charge in [0.2, 0.25) is 0 Å². The van der Waals surface area contributed by atoms with Gasteiger partial charge in [-0.3, -0.25) is 0 Å². The van der Waals surface area contributed by atoms with Crippen molar-refractivity contribution in [3.05, 3.63) is 95.3 Å². The Labute approximate surface area is 262 Å². The normalized spacial score (nSPS) is 18.6. The fourth-order valence-electron chi connectivity index (χ4n) is 5.48. The fraction of sp³-hybridized carbons (Fsp3) is 0.541. The molecule has 0 amide bonds. The molecule has 2 fully saturated rings. The molecule has 6 heteroatoms. The Morgan fingerprint density at radius 2 is 1.81 bits per heavy atom. The summed E-state index contributed by atoms with van der Waals surface area (Å²) in [5.74, 6) is 0.0971. The molecular formula is C37H59FN4O. The van der Waals surface area contributed by atoms with Gasteiger partial charge in [-0.25, -0.2) is 9.38 Å². The van der Waals surface area contributed by atoms with E-state index in [4.69, 9.17) is 10.5 Å². The summed E-state index contributed by atoms with van der Waals surface area (Å²) >= 11 is 0. The van der Waals surface area contributed by atoms with Crippen LogP contribution in [0.5, 0.6) is 0 Å². The van der Waals surface area contributed by atoms with Crippen molar-refractivity contribution in [3.8, 4) is 0 Å². The van der Waals surface area contributed by atoms with E-state index in [-0.39, 0.29) is 17.4 Å². The zero-order chi connectivity index (χ0) is 32.4. The number of aliphatic imine (C=N–C) groups is 1. The molecule has 2 N–H and O–H groups in total. The van der Waals surface area contributed by atoms with Crippen molar-refractivity contribution in [3.63, 3.8) is 0 Å². The molecule has 3 rings (SSSR count). The Balaban J connectivity index is 0.00000221. The zero-order valence-electron chi connectivity index (χ0n) is 28.4. The van der Waals surface area contributed by atoms with Crippen LogP contribution in [-0.4, -0.2) is 47.9 Å². The minimum Gasteiger partial charge on any atom is -0.483 e. The summed E-state index contributed by atoms with van der Waals surface area (Å²) in [7, 11) is 0. The molecule has 2 saturated heterocycles. The second-order valence-corrected chi connectivity index (χ2v) is 10.8. The van der Waals surface area contributed by atoms with E-state index in [0.717, 1.165) is 42.8 Å². The van der Waals surface area contributed by atoms with Gasteiger partial charge >= 0.3 is 0 Å². The van der Waals surface area contributed by atoms with Crippen LogP contribution in [0, 0.1) is 12.7 Å². The highest BCUT2D eigenvalue weighted by Gasteiger charge is 2.28. The lowest BCUT2D eigenvalue weighted by molar-refractivity contribution is 0.145. The van der Waals surface area contributed by atoms with Gasteiger partial charge in [0.05, 0.1) is 0 Å². The van der Waals surface area contributed by atoms with Gasteiger partial charge in [0.1, 0.15) is 11.9 Å². The monoisotopic (exact) mass is 594 g/mol. The predicted octanol–water partition coefficient (Wildman–Crippen LogP) is 9.40. The summed E-state index contributed by atoms with van der Waals surface area (Å²) in [6.07, 6.45) is 14.6. The van der Waals surface area contributed by atoms with Gasteiger partial charge in [-0.15, -0.1) is 0 Å². The largest absolute Gasteiger partial charge is 0.483 e. The maximum absolute atomic E-state index is 14.3. The van der Waals surface area contributed by atoms with Gasteiger partial charge in [0.15, 0.2) is 11.6 Å². The Bertz CT molecular complexity index is 1110. The summed E-state index contributed by atoms with van der Waals surface area (Å²) in [4.78, 5) is 9.47. The van der Waals surface area contributed by atoms with E-state index in [9.17, 15) is 4.39 Å². The second-order valence-electron chi connectivity index (χ2n) is 10.8. The van der Waals surface area contributed by atoms with E-state index in [1.165, 1.54) is 50.4 Å². The topological polar surface area (TPSA) is 54.1 Å². The summed E-state index contributed by atoms with van der Waals surface area (Å²) in [5, 5.41) is 0. The van der Waals surface area contributed by atoms with E-state index < -0.39 is 6.10 Å². The maximum Gasteiger partial charge on any atom is 0.165 e. The average Bonchev–Trinajstić information content (AvgIpc) is 3.70. The molecule has 240 valence electrons. The molecule has 2 heterocycles. The van der Waals surface area contributed by atoms with Crippen LogP contribution in [0.25, 0.3) is 0 Å². The van der Waals surface area contributed by atoms with Crippen molar-refractivity contribution < 1.29 is 9.13 Å². The Kier molecular flexibility index (Phi) is 18.3. The summed E-state index contributed by atoms with van der Waals surface area (Å²) in [5.41, 5.74) is 10.8. The smallest absolute Gasteiger partial charge is 0.165 e. The Hall–Kier alpha value is -3.12. The molecule has 43 heavy (non-hydrogen) atoms. The number of hydrogen-bond donors (Lipinski definition) is 1. The molecule has 0 radical (unpaired) electrons. The van der Waals surface area contributed by atoms with E-state index >= 15 is 0 Å². The first kappa shape index (κ1) is 37.9. The fourth-order valence-corrected chi connectivity index (χ4v) is 5.48. The van der Waals surface area contributed by atoms with E-state index in [1.807, 2.05) is 47.6 Å². The lowest BCUT2D eigenvalue weighted by Crippen LogP contribution is -2.38. The number of halogens is 1. The van der Waals surface area contributed by atoms with E-state index in [2.05, 4.69) is 53.1 Å². The minimum atomic E-state index is -0.525. The molecule has 0 spiro atoms. The van der Waals surface area contributed by atoms with Gasteiger partial charge in [0, 0.05) is 36.6 Å². The van der Waals surface area contributed by atoms with Crippen LogP contribution in [0.2, 0.25) is 0 Å². The first-order chi connectivity index (χ1) is 20.7. The molecule has 0 saturated carbocycles. The van der Waals surface area contributed by atoms with Crippen molar-refractivity contribution in [1.82, 2.24) is 9.80 Å². The third-order valence-electron chi connectivity index (χ3n) is 7.59. The molecule has 0 aromatic heterocycles. The molecule has 0 aliphatic carbocycles. The van der Waals surface area contributed by atoms with Gasteiger partial charge in [-0.2, -0.15) is 0 Å². The number of amidine groups is 1. The lowest BCUT2D eigenvalue weighted by Gasteiger charge is -2.32. The highest BCUT2D eigenvalue weighted by atomic mass is 19.1. The number of aryl methyl sites for hydroxylation is 1. The number of ether oxygens (including phenoxy) is 1. The number of nitrogens with zero attached hydrogens (tertiary/aromatic N) is 3. The standard InChI is InChI=1S/C33H47FN4O.2C2H6/c1-7-13-29(26(4)38-21-12-17-30(38)23-37-19-8-9-20-37)16-10-14-24(2)22-36-33(35)28(6)39-27(5)32-25(3)15-11-18-31(32)34;2*1-2/h10-11,13,15-16,18,22,27,30H,4,6-9,12,14,17,19-21,23H2,1-3,5H3,(H2,35,36);2*1-2H3/b16-10-,24-22+,29-13+;;. The van der Waals surface area contributed by atoms with Gasteiger partial charge in [-0.1, -0.05) is 83.7 Å². The molecule has 2 atom stereocenters. The summed E-state index contributed by atoms with van der Waals surface area (Å²) in [6, 6.07) is 5.52. The van der Waals surface area contributed by atoms with Crippen molar-refractivity contribution in [2.24, 2.45) is 10.7 Å². The van der Waals surface area contributed by atoms with Crippen LogP contribution >= 0.6 is 0 Å². The van der Waals surface area contributed by atoms with Crippen LogP contribution in [0.4, 0.5) is 4.39 Å². The van der Waals surface area contributed by atoms with Gasteiger partial charge < -0.3 is 20.3 Å². The number of benzene rings is 1. The van der Waals surface area contributed by atoms with E-state index in [0.29, 0.717) is 11.6 Å². The van der Waals surface area contributed by atoms with Crippen molar-refractivity contribution in [2.45, 2.75) is 106 Å². The van der Waals surface area contributed by atoms with E-state index in [1.54, 1.807) is 19.2 Å². The third-order valence-corrected chi connectivity index (χ3v) is 7.59. The molecule has 2 aliphatic heterocycles. The summed E-state index contributed by atoms with van der Waals surface area (Å²) in [6.45, 7) is 28.9. The molecule has 2 aliphatic rings. The van der Waals surface area contributed by atoms with Crippen LogP contribution < -0.4 is 5.73 Å². The van der Waals surface area contributed by atoms with Crippen LogP contribution in [0.15, 0.2) is 83.4 Å². The first-order valence-electron chi connectivity index (χ1n) is 16.4. The molecule has 1 aromatic carbocycles. The SMILES string of the molecule is C=C(OC(C)c1c(C)cccc1F)C(N)=N/C=C(\C)C/C=C\C(=C/CC)C(=C)N1CCCC1CN1CCCC1.CC.CC. The number of allylic oxidation sites excluding steroid dienone is 4. The molecule has 0 bridgehead atoms. The zero-order valence-corrected chi connectivity index (χ0v) is 28.4. The number of nitrogens with two attached hydrogens (primary N) is 1. The maximum atomic E-state index is 14.3. The second kappa shape index (κ2) is 20.7. The number of rotatable bonds is 13. The van der Waals surface area contributed by atoms with Crippen molar-refractivity contribution in [2.75, 3.05) is 26.2 Å². The van der Waals surface area contributed by atoms with Gasteiger partial charge in [-0.05, 0) is 89.6 Å². The highest BCUT2D eigenvalue weighted by Crippen LogP contribution is 2.28. The predicted molar refractivity (Wildman–Crippen MR) is 185 cm³/mol. The van der Waals surface area contributed by atoms with Gasteiger partial charge in [0.25, 0.3) is 0 Å². The quantitative estimate of drug-likeness (QED) is 0.107. The molecule has 2 unspecified atom stereocenters. The van der Waals surface area contributed by atoms with Crippen molar-refractivity contribution >= 4 is 5.84 Å². The average molecular weight is 595 g/mol. The molecule has 1 aromatic rings. The molecular weight excluding hydrogens is 535 g/mol. The van der Waals surface area contributed by atoms with Crippen LogP contribution in [-0.2, 0) is 4.74 Å². The van der Waals surface area contributed by atoms with Crippen LogP contribution in [0.1, 0.15) is 104 Å². The van der Waals surface area contributed by atoms with Crippen LogP contribution in [0.3, 0.4) is 0 Å². The third kappa shape index (κ3) is 12.2. The lowest BCUT2D eigenvalue weighted by atomic mass is 10.0. The summed E-state index contributed by atoms with van der Waals surface area (Å²) < 4.78 is 20.1. The Morgan fingerprint density at radius 3 is 2.44 bits per heavy atom. The molecule has 5 nitrogen and oxygen atoms in total. The Morgan fingerprint density at radius 1 is 1.14 bits per heavy atom.